The largest absolute Gasteiger partial charge is 0.383 e. The molecule has 0 bridgehead atoms. The molecule has 0 spiro atoms. The summed E-state index contributed by atoms with van der Waals surface area (Å²) in [4.78, 5) is 23.7. The van der Waals surface area contributed by atoms with E-state index in [4.69, 9.17) is 15.2 Å². The lowest BCUT2D eigenvalue weighted by Gasteiger charge is -2.33. The number of pyridine rings is 2. The fraction of sp³-hybridized carbons (Fsp3) is 0.286. The number of rotatable bonds is 2. The number of nitrogens with zero attached hydrogens (tertiary/aromatic N) is 3. The van der Waals surface area contributed by atoms with Crippen molar-refractivity contribution in [1.29, 1.82) is 0 Å². The van der Waals surface area contributed by atoms with E-state index in [1.165, 1.54) is 0 Å². The van der Waals surface area contributed by atoms with Crippen molar-refractivity contribution in [2.24, 2.45) is 0 Å². The Morgan fingerprint density at radius 3 is 2.90 bits per heavy atom. The number of aromatic nitrogens is 2. The Morgan fingerprint density at radius 1 is 1.21 bits per heavy atom. The minimum Gasteiger partial charge on any atom is -0.383 e. The molecular weight excluding hydrogens is 436 g/mol. The first-order chi connectivity index (χ1) is 14.0. The average molecular weight is 455 g/mol. The third-order valence-electron chi connectivity index (χ3n) is 5.62. The summed E-state index contributed by atoms with van der Waals surface area (Å²) in [5.74, 6) is 0.297. The number of hydrogen-bond acceptors (Lipinski definition) is 6. The van der Waals surface area contributed by atoms with Crippen molar-refractivity contribution in [3.63, 3.8) is 0 Å². The van der Waals surface area contributed by atoms with Gasteiger partial charge < -0.3 is 20.1 Å². The molecule has 5 rings (SSSR count). The summed E-state index contributed by atoms with van der Waals surface area (Å²) in [6, 6.07) is 7.69. The average Bonchev–Trinajstić information content (AvgIpc) is 3.23. The predicted molar refractivity (Wildman–Crippen MR) is 111 cm³/mol. The molecule has 8 heteroatoms. The number of carbonyl (C=O) groups is 1. The van der Waals surface area contributed by atoms with Gasteiger partial charge in [0.25, 0.3) is 5.91 Å². The molecule has 2 aromatic heterocycles. The molecule has 148 valence electrons. The number of nitrogens with two attached hydrogens (primary N) is 1. The van der Waals surface area contributed by atoms with Crippen LogP contribution >= 0.6 is 15.9 Å². The molecule has 4 heterocycles. The van der Waals surface area contributed by atoms with E-state index in [9.17, 15) is 4.79 Å². The Balaban J connectivity index is 1.51. The maximum absolute atomic E-state index is 13.3. The van der Waals surface area contributed by atoms with Gasteiger partial charge in [-0.3, -0.25) is 4.79 Å². The predicted octanol–water partition coefficient (Wildman–Crippen LogP) is 3.35. The number of benzene rings is 1. The van der Waals surface area contributed by atoms with Gasteiger partial charge in [0.15, 0.2) is 0 Å². The van der Waals surface area contributed by atoms with E-state index in [1.807, 2.05) is 18.2 Å². The van der Waals surface area contributed by atoms with Gasteiger partial charge in [-0.2, -0.15) is 0 Å². The summed E-state index contributed by atoms with van der Waals surface area (Å²) in [5, 5.41) is 0.864. The van der Waals surface area contributed by atoms with Crippen LogP contribution in [0.25, 0.3) is 10.9 Å². The van der Waals surface area contributed by atoms with Crippen LogP contribution in [0.15, 0.2) is 34.9 Å². The Kier molecular flexibility index (Phi) is 4.49. The highest BCUT2D eigenvalue weighted by Gasteiger charge is 2.29. The van der Waals surface area contributed by atoms with Gasteiger partial charge in [0.2, 0.25) is 0 Å². The van der Waals surface area contributed by atoms with Crippen LogP contribution in [-0.4, -0.2) is 34.4 Å². The zero-order valence-electron chi connectivity index (χ0n) is 15.8. The SMILES string of the molecule is CN(C(=O)c1cc2c3c(c(N)nc2cn1)COC3)[C@H]1COCc2cc(Br)ccc21. The molecule has 2 N–H and O–H groups in total. The third-order valence-corrected chi connectivity index (χ3v) is 6.11. The molecule has 0 radical (unpaired) electrons. The molecule has 0 fully saturated rings. The molecule has 1 amide bonds. The Bertz CT molecular complexity index is 1150. The van der Waals surface area contributed by atoms with Crippen molar-refractivity contribution < 1.29 is 14.3 Å². The second kappa shape index (κ2) is 7.05. The number of nitrogen functional groups attached to an aromatic ring is 1. The molecule has 29 heavy (non-hydrogen) atoms. The highest BCUT2D eigenvalue weighted by molar-refractivity contribution is 9.10. The zero-order chi connectivity index (χ0) is 20.1. The highest BCUT2D eigenvalue weighted by Crippen LogP contribution is 2.33. The fourth-order valence-electron chi connectivity index (χ4n) is 4.03. The van der Waals surface area contributed by atoms with Gasteiger partial charge in [-0.25, -0.2) is 9.97 Å². The topological polar surface area (TPSA) is 90.6 Å². The molecule has 1 aromatic carbocycles. The molecular formula is C21H19BrN4O3. The van der Waals surface area contributed by atoms with E-state index >= 15 is 0 Å². The van der Waals surface area contributed by atoms with E-state index < -0.39 is 0 Å². The second-order valence-electron chi connectivity index (χ2n) is 7.32. The van der Waals surface area contributed by atoms with Gasteiger partial charge in [-0.15, -0.1) is 0 Å². The van der Waals surface area contributed by atoms with Crippen LogP contribution < -0.4 is 5.73 Å². The lowest BCUT2D eigenvalue weighted by Crippen LogP contribution is -2.36. The number of amides is 1. The minimum absolute atomic E-state index is 0.166. The molecule has 0 unspecified atom stereocenters. The van der Waals surface area contributed by atoms with Gasteiger partial charge in [-0.1, -0.05) is 22.0 Å². The second-order valence-corrected chi connectivity index (χ2v) is 8.24. The Hall–Kier alpha value is -2.55. The number of ether oxygens (including phenoxy) is 2. The molecule has 2 aliphatic heterocycles. The van der Waals surface area contributed by atoms with Crippen LogP contribution in [-0.2, 0) is 29.3 Å². The van der Waals surface area contributed by atoms with Crippen molar-refractivity contribution in [3.8, 4) is 0 Å². The number of anilines is 1. The van der Waals surface area contributed by atoms with Crippen molar-refractivity contribution in [2.45, 2.75) is 25.9 Å². The van der Waals surface area contributed by atoms with Gasteiger partial charge >= 0.3 is 0 Å². The summed E-state index contributed by atoms with van der Waals surface area (Å²) in [6.45, 7) is 1.90. The molecule has 0 saturated carbocycles. The van der Waals surface area contributed by atoms with Gasteiger partial charge in [0, 0.05) is 22.5 Å². The maximum Gasteiger partial charge on any atom is 0.272 e. The van der Waals surface area contributed by atoms with Crippen LogP contribution in [0.3, 0.4) is 0 Å². The quantitative estimate of drug-likeness (QED) is 0.638. The van der Waals surface area contributed by atoms with Crippen LogP contribution in [0.4, 0.5) is 5.82 Å². The maximum atomic E-state index is 13.3. The number of fused-ring (bicyclic) bond motifs is 4. The van der Waals surface area contributed by atoms with E-state index in [-0.39, 0.29) is 11.9 Å². The molecule has 0 saturated heterocycles. The van der Waals surface area contributed by atoms with Crippen LogP contribution in [0.1, 0.15) is 38.8 Å². The number of halogens is 1. The van der Waals surface area contributed by atoms with Crippen molar-refractivity contribution in [3.05, 3.63) is 62.9 Å². The highest BCUT2D eigenvalue weighted by atomic mass is 79.9. The fourth-order valence-corrected chi connectivity index (χ4v) is 4.44. The van der Waals surface area contributed by atoms with E-state index in [0.717, 1.165) is 32.1 Å². The van der Waals surface area contributed by atoms with Crippen molar-refractivity contribution in [2.75, 3.05) is 19.4 Å². The third kappa shape index (κ3) is 3.08. The summed E-state index contributed by atoms with van der Waals surface area (Å²) >= 11 is 3.49. The van der Waals surface area contributed by atoms with Crippen LogP contribution in [0, 0.1) is 0 Å². The first-order valence-corrected chi connectivity index (χ1v) is 10.1. The minimum atomic E-state index is -0.171. The van der Waals surface area contributed by atoms with Crippen LogP contribution in [0.5, 0.6) is 0 Å². The van der Waals surface area contributed by atoms with Crippen LogP contribution in [0.2, 0.25) is 0 Å². The summed E-state index contributed by atoms with van der Waals surface area (Å²) < 4.78 is 12.3. The number of carbonyl (C=O) groups excluding carboxylic acids is 1. The first kappa shape index (κ1) is 18.5. The van der Waals surface area contributed by atoms with E-state index in [1.54, 1.807) is 24.2 Å². The first-order valence-electron chi connectivity index (χ1n) is 9.31. The Labute approximate surface area is 176 Å². The molecule has 7 nitrogen and oxygen atoms in total. The molecule has 0 aliphatic carbocycles. The number of hydrogen-bond donors (Lipinski definition) is 1. The standard InChI is InChI=1S/C21H19BrN4O3/c1-26(19-10-28-7-11-4-12(22)2-3-13(11)19)21(27)17-5-14-15-8-29-9-16(15)20(23)25-18(14)6-24-17/h2-6,19H,7-10H2,1H3,(H2,23,25)/t19-/m0/s1. The normalized spacial score (nSPS) is 17.8. The summed E-state index contributed by atoms with van der Waals surface area (Å²) in [7, 11) is 1.79. The monoisotopic (exact) mass is 454 g/mol. The van der Waals surface area contributed by atoms with E-state index in [0.29, 0.717) is 43.5 Å². The summed E-state index contributed by atoms with van der Waals surface area (Å²) in [5.41, 5.74) is 11.1. The van der Waals surface area contributed by atoms with Crippen molar-refractivity contribution >= 4 is 38.6 Å². The van der Waals surface area contributed by atoms with Gasteiger partial charge in [0.1, 0.15) is 11.5 Å². The molecule has 2 aliphatic rings. The summed E-state index contributed by atoms with van der Waals surface area (Å²) in [6.07, 6.45) is 1.60. The van der Waals surface area contributed by atoms with Gasteiger partial charge in [-0.05, 0) is 34.9 Å². The van der Waals surface area contributed by atoms with E-state index in [2.05, 4.69) is 25.9 Å². The van der Waals surface area contributed by atoms with Gasteiger partial charge in [0.05, 0.1) is 44.2 Å². The zero-order valence-corrected chi connectivity index (χ0v) is 17.4. The molecule has 3 aromatic rings. The lowest BCUT2D eigenvalue weighted by molar-refractivity contribution is 0.0342. The van der Waals surface area contributed by atoms with Crippen molar-refractivity contribution in [1.82, 2.24) is 14.9 Å². The smallest absolute Gasteiger partial charge is 0.272 e. The lowest BCUT2D eigenvalue weighted by atomic mass is 9.97. The Morgan fingerprint density at radius 2 is 2.03 bits per heavy atom. The molecule has 1 atom stereocenters. The number of likely N-dealkylation sites (N-methyl/N-ethyl adjacent to an activating group) is 1.